The molecule has 0 amide bonds. The fourth-order valence-corrected chi connectivity index (χ4v) is 3.98. The standard InChI is InChI=1S/C20H16N4O3S2/c1-26-18-8-14(2-3-17(18)27-10-15-11-28-12-22-15)16(25)9-19-23-24-20(29-19)13-4-6-21-7-5-13/h2-8,11-12H,9-10H2,1H3. The molecule has 146 valence electrons. The highest BCUT2D eigenvalue weighted by Gasteiger charge is 2.15. The van der Waals surface area contributed by atoms with Crippen LogP contribution in [0.4, 0.5) is 0 Å². The second kappa shape index (κ2) is 8.89. The first-order chi connectivity index (χ1) is 14.2. The molecule has 0 spiro atoms. The maximum Gasteiger partial charge on any atom is 0.169 e. The minimum absolute atomic E-state index is 0.0632. The maximum atomic E-state index is 12.7. The first-order valence-electron chi connectivity index (χ1n) is 8.67. The van der Waals surface area contributed by atoms with Crippen molar-refractivity contribution in [2.24, 2.45) is 0 Å². The number of Topliss-reactive ketones (excluding diaryl/α,β-unsaturated/α-hetero) is 1. The zero-order chi connectivity index (χ0) is 20.1. The number of thiazole rings is 1. The Kier molecular flexibility index (Phi) is 5.87. The number of carbonyl (C=O) groups excluding carboxylic acids is 1. The van der Waals surface area contributed by atoms with E-state index in [2.05, 4.69) is 20.2 Å². The Morgan fingerprint density at radius 1 is 1.10 bits per heavy atom. The van der Waals surface area contributed by atoms with Gasteiger partial charge in [0.15, 0.2) is 17.3 Å². The molecule has 0 saturated carbocycles. The Morgan fingerprint density at radius 2 is 1.97 bits per heavy atom. The van der Waals surface area contributed by atoms with Gasteiger partial charge < -0.3 is 9.47 Å². The van der Waals surface area contributed by atoms with Gasteiger partial charge in [-0.1, -0.05) is 11.3 Å². The zero-order valence-corrected chi connectivity index (χ0v) is 17.1. The van der Waals surface area contributed by atoms with Crippen molar-refractivity contribution in [3.63, 3.8) is 0 Å². The SMILES string of the molecule is COc1cc(C(=O)Cc2nnc(-c3ccncc3)s2)ccc1OCc1cscn1. The van der Waals surface area contributed by atoms with Crippen LogP contribution in [-0.4, -0.2) is 33.1 Å². The fraction of sp³-hybridized carbons (Fsp3) is 0.150. The molecule has 0 saturated heterocycles. The molecule has 9 heteroatoms. The lowest BCUT2D eigenvalue weighted by atomic mass is 10.1. The molecule has 0 aliphatic heterocycles. The van der Waals surface area contributed by atoms with Crippen LogP contribution in [0.5, 0.6) is 11.5 Å². The molecule has 0 aliphatic rings. The summed E-state index contributed by atoms with van der Waals surface area (Å²) >= 11 is 2.91. The van der Waals surface area contributed by atoms with Crippen molar-refractivity contribution >= 4 is 28.5 Å². The summed E-state index contributed by atoms with van der Waals surface area (Å²) in [5, 5.41) is 11.7. The van der Waals surface area contributed by atoms with Gasteiger partial charge in [0.2, 0.25) is 0 Å². The number of hydrogen-bond acceptors (Lipinski definition) is 9. The normalized spacial score (nSPS) is 10.7. The molecular formula is C20H16N4O3S2. The molecule has 0 unspecified atom stereocenters. The summed E-state index contributed by atoms with van der Waals surface area (Å²) in [6.07, 6.45) is 3.57. The van der Waals surface area contributed by atoms with Gasteiger partial charge in [-0.25, -0.2) is 4.98 Å². The van der Waals surface area contributed by atoms with Crippen molar-refractivity contribution in [3.05, 3.63) is 69.9 Å². The molecule has 1 aromatic carbocycles. The molecular weight excluding hydrogens is 408 g/mol. The predicted octanol–water partition coefficient (Wildman–Crippen LogP) is 4.07. The van der Waals surface area contributed by atoms with Crippen molar-refractivity contribution in [2.45, 2.75) is 13.0 Å². The van der Waals surface area contributed by atoms with Crippen LogP contribution in [0.3, 0.4) is 0 Å². The van der Waals surface area contributed by atoms with E-state index in [-0.39, 0.29) is 12.2 Å². The fourth-order valence-electron chi connectivity index (χ4n) is 2.60. The molecule has 0 fully saturated rings. The van der Waals surface area contributed by atoms with Crippen LogP contribution < -0.4 is 9.47 Å². The minimum Gasteiger partial charge on any atom is -0.493 e. The van der Waals surface area contributed by atoms with Crippen molar-refractivity contribution < 1.29 is 14.3 Å². The van der Waals surface area contributed by atoms with Crippen LogP contribution in [-0.2, 0) is 13.0 Å². The van der Waals surface area contributed by atoms with E-state index in [0.717, 1.165) is 16.3 Å². The van der Waals surface area contributed by atoms with Gasteiger partial charge in [-0.2, -0.15) is 0 Å². The van der Waals surface area contributed by atoms with Crippen molar-refractivity contribution in [1.82, 2.24) is 20.2 Å². The summed E-state index contributed by atoms with van der Waals surface area (Å²) in [6, 6.07) is 8.87. The number of ether oxygens (including phenoxy) is 2. The van der Waals surface area contributed by atoms with Gasteiger partial charge in [-0.3, -0.25) is 9.78 Å². The van der Waals surface area contributed by atoms with Crippen LogP contribution in [0.25, 0.3) is 10.6 Å². The second-order valence-electron chi connectivity index (χ2n) is 5.97. The van der Waals surface area contributed by atoms with Crippen molar-refractivity contribution in [3.8, 4) is 22.1 Å². The smallest absolute Gasteiger partial charge is 0.169 e. The Hall–Kier alpha value is -3.17. The van der Waals surface area contributed by atoms with Crippen LogP contribution in [0, 0.1) is 0 Å². The highest BCUT2D eigenvalue weighted by Crippen LogP contribution is 2.30. The molecule has 29 heavy (non-hydrogen) atoms. The molecule has 3 aromatic heterocycles. The summed E-state index contributed by atoms with van der Waals surface area (Å²) in [6.45, 7) is 0.343. The highest BCUT2D eigenvalue weighted by molar-refractivity contribution is 7.14. The van der Waals surface area contributed by atoms with Crippen LogP contribution in [0.1, 0.15) is 21.1 Å². The summed E-state index contributed by atoms with van der Waals surface area (Å²) < 4.78 is 11.2. The van der Waals surface area contributed by atoms with Gasteiger partial charge in [0.05, 0.1) is 24.7 Å². The molecule has 3 heterocycles. The Balaban J connectivity index is 1.45. The van der Waals surface area contributed by atoms with Crippen molar-refractivity contribution in [1.29, 1.82) is 0 Å². The average Bonchev–Trinajstić information content (AvgIpc) is 3.45. The van der Waals surface area contributed by atoms with Gasteiger partial charge >= 0.3 is 0 Å². The molecule has 4 aromatic rings. The number of aromatic nitrogens is 4. The topological polar surface area (TPSA) is 87.1 Å². The van der Waals surface area contributed by atoms with Gasteiger partial charge in [0.25, 0.3) is 0 Å². The van der Waals surface area contributed by atoms with E-state index in [1.165, 1.54) is 22.7 Å². The number of ketones is 1. The third-order valence-corrected chi connectivity index (χ3v) is 5.66. The summed E-state index contributed by atoms with van der Waals surface area (Å²) in [5.74, 6) is 1.00. The summed E-state index contributed by atoms with van der Waals surface area (Å²) in [5.41, 5.74) is 4.06. The average molecular weight is 425 g/mol. The van der Waals surface area contributed by atoms with E-state index >= 15 is 0 Å². The zero-order valence-electron chi connectivity index (χ0n) is 15.4. The molecule has 0 N–H and O–H groups in total. The summed E-state index contributed by atoms with van der Waals surface area (Å²) in [4.78, 5) is 20.9. The number of rotatable bonds is 8. The Morgan fingerprint density at radius 3 is 2.72 bits per heavy atom. The minimum atomic E-state index is -0.0632. The summed E-state index contributed by atoms with van der Waals surface area (Å²) in [7, 11) is 1.55. The first-order valence-corrected chi connectivity index (χ1v) is 10.4. The number of carbonyl (C=O) groups is 1. The van der Waals surface area contributed by atoms with Gasteiger partial charge in [0.1, 0.15) is 16.6 Å². The highest BCUT2D eigenvalue weighted by atomic mass is 32.1. The number of pyridine rings is 1. The predicted molar refractivity (Wildman–Crippen MR) is 111 cm³/mol. The third kappa shape index (κ3) is 4.64. The van der Waals surface area contributed by atoms with Crippen molar-refractivity contribution in [2.75, 3.05) is 7.11 Å². The van der Waals surface area contributed by atoms with E-state index in [9.17, 15) is 4.79 Å². The largest absolute Gasteiger partial charge is 0.493 e. The quantitative estimate of drug-likeness (QED) is 0.394. The molecule has 4 rings (SSSR count). The van der Waals surface area contributed by atoms with E-state index < -0.39 is 0 Å². The molecule has 0 bridgehead atoms. The lowest BCUT2D eigenvalue weighted by Gasteiger charge is -2.11. The van der Waals surface area contributed by atoms with E-state index in [1.54, 1.807) is 43.2 Å². The van der Waals surface area contributed by atoms with E-state index in [4.69, 9.17) is 9.47 Å². The second-order valence-corrected chi connectivity index (χ2v) is 7.75. The van der Waals surface area contributed by atoms with Crippen LogP contribution in [0.2, 0.25) is 0 Å². The van der Waals surface area contributed by atoms with E-state index in [0.29, 0.717) is 28.7 Å². The molecule has 0 atom stereocenters. The number of methoxy groups -OCH3 is 1. The Bertz CT molecular complexity index is 1100. The van der Waals surface area contributed by atoms with E-state index in [1.807, 2.05) is 17.5 Å². The van der Waals surface area contributed by atoms with Gasteiger partial charge in [-0.15, -0.1) is 21.5 Å². The van der Waals surface area contributed by atoms with Crippen LogP contribution >= 0.6 is 22.7 Å². The molecule has 0 radical (unpaired) electrons. The molecule has 0 aliphatic carbocycles. The lowest BCUT2D eigenvalue weighted by molar-refractivity contribution is 0.0992. The number of nitrogens with zero attached hydrogens (tertiary/aromatic N) is 4. The number of hydrogen-bond donors (Lipinski definition) is 0. The van der Waals surface area contributed by atoms with Crippen LogP contribution in [0.15, 0.2) is 53.6 Å². The molecule has 7 nitrogen and oxygen atoms in total. The lowest BCUT2D eigenvalue weighted by Crippen LogP contribution is -2.05. The van der Waals surface area contributed by atoms with Gasteiger partial charge in [-0.05, 0) is 30.3 Å². The Labute approximate surface area is 175 Å². The first kappa shape index (κ1) is 19.2. The monoisotopic (exact) mass is 424 g/mol. The number of benzene rings is 1. The van der Waals surface area contributed by atoms with Gasteiger partial charge in [0, 0.05) is 28.9 Å². The maximum absolute atomic E-state index is 12.7. The third-order valence-electron chi connectivity index (χ3n) is 4.05.